The number of nitrogens with zero attached hydrogens (tertiary/aromatic N) is 3. The van der Waals surface area contributed by atoms with E-state index in [0.717, 1.165) is 29.4 Å². The number of rotatable bonds is 8. The van der Waals surface area contributed by atoms with E-state index >= 15 is 0 Å². The maximum Gasteiger partial charge on any atom is 0.230 e. The first-order valence-electron chi connectivity index (χ1n) is 7.72. The van der Waals surface area contributed by atoms with Gasteiger partial charge >= 0.3 is 0 Å². The lowest BCUT2D eigenvalue weighted by molar-refractivity contribution is -0.118. The SMILES string of the molecule is CCN(CC)c1ccc(CNC(=O)CSc2ccncc2)cn1. The van der Waals surface area contributed by atoms with Crippen LogP contribution in [0.15, 0.2) is 47.8 Å². The first-order chi connectivity index (χ1) is 11.2. The van der Waals surface area contributed by atoms with E-state index in [9.17, 15) is 4.79 Å². The van der Waals surface area contributed by atoms with E-state index in [1.165, 1.54) is 11.8 Å². The lowest BCUT2D eigenvalue weighted by atomic mass is 10.2. The number of hydrogen-bond acceptors (Lipinski definition) is 5. The standard InChI is InChI=1S/C17H22N4OS/c1-3-21(4-2)16-6-5-14(11-19-16)12-20-17(22)13-23-15-7-9-18-10-8-15/h5-11H,3-4,12-13H2,1-2H3,(H,20,22). The highest BCUT2D eigenvalue weighted by Crippen LogP contribution is 2.15. The van der Waals surface area contributed by atoms with E-state index in [1.54, 1.807) is 12.4 Å². The van der Waals surface area contributed by atoms with E-state index in [4.69, 9.17) is 0 Å². The maximum absolute atomic E-state index is 11.9. The second-order valence-electron chi connectivity index (χ2n) is 4.95. The normalized spacial score (nSPS) is 10.3. The molecule has 2 aromatic rings. The van der Waals surface area contributed by atoms with Crippen LogP contribution in [0.1, 0.15) is 19.4 Å². The van der Waals surface area contributed by atoms with Gasteiger partial charge in [-0.1, -0.05) is 6.07 Å². The van der Waals surface area contributed by atoms with Crippen LogP contribution < -0.4 is 10.2 Å². The molecule has 2 rings (SSSR count). The van der Waals surface area contributed by atoms with Crippen molar-refractivity contribution < 1.29 is 4.79 Å². The Morgan fingerprint density at radius 1 is 1.17 bits per heavy atom. The number of carbonyl (C=O) groups excluding carboxylic acids is 1. The fraction of sp³-hybridized carbons (Fsp3) is 0.353. The molecule has 2 aromatic heterocycles. The highest BCUT2D eigenvalue weighted by molar-refractivity contribution is 8.00. The van der Waals surface area contributed by atoms with Crippen molar-refractivity contribution in [3.8, 4) is 0 Å². The Hall–Kier alpha value is -2.08. The van der Waals surface area contributed by atoms with E-state index in [1.807, 2.05) is 30.5 Å². The topological polar surface area (TPSA) is 58.1 Å². The molecule has 0 aliphatic carbocycles. The number of pyridine rings is 2. The molecule has 1 amide bonds. The summed E-state index contributed by atoms with van der Waals surface area (Å²) < 4.78 is 0. The van der Waals surface area contributed by atoms with Crippen LogP contribution >= 0.6 is 11.8 Å². The minimum atomic E-state index is 0.0135. The predicted molar refractivity (Wildman–Crippen MR) is 94.6 cm³/mol. The van der Waals surface area contributed by atoms with Gasteiger partial charge in [-0.3, -0.25) is 9.78 Å². The Morgan fingerprint density at radius 2 is 1.91 bits per heavy atom. The molecule has 0 fully saturated rings. The van der Waals surface area contributed by atoms with Crippen molar-refractivity contribution in [1.82, 2.24) is 15.3 Å². The Morgan fingerprint density at radius 3 is 2.52 bits per heavy atom. The molecule has 0 saturated carbocycles. The van der Waals surface area contributed by atoms with Gasteiger partial charge in [0, 0.05) is 43.1 Å². The highest BCUT2D eigenvalue weighted by atomic mass is 32.2. The zero-order valence-corrected chi connectivity index (χ0v) is 14.3. The molecule has 0 radical (unpaired) electrons. The van der Waals surface area contributed by atoms with Crippen molar-refractivity contribution in [3.05, 3.63) is 48.4 Å². The van der Waals surface area contributed by atoms with Gasteiger partial charge < -0.3 is 10.2 Å². The first-order valence-corrected chi connectivity index (χ1v) is 8.71. The van der Waals surface area contributed by atoms with Crippen LogP contribution in [0.5, 0.6) is 0 Å². The van der Waals surface area contributed by atoms with E-state index in [-0.39, 0.29) is 5.91 Å². The summed E-state index contributed by atoms with van der Waals surface area (Å²) in [6.07, 6.45) is 5.27. The average Bonchev–Trinajstić information content (AvgIpc) is 2.61. The molecule has 0 spiro atoms. The van der Waals surface area contributed by atoms with Crippen molar-refractivity contribution in [2.24, 2.45) is 0 Å². The van der Waals surface area contributed by atoms with Gasteiger partial charge in [0.25, 0.3) is 0 Å². The van der Waals surface area contributed by atoms with E-state index < -0.39 is 0 Å². The smallest absolute Gasteiger partial charge is 0.230 e. The van der Waals surface area contributed by atoms with Crippen LogP contribution in [-0.2, 0) is 11.3 Å². The third-order valence-electron chi connectivity index (χ3n) is 3.41. The van der Waals surface area contributed by atoms with Crippen molar-refractivity contribution in [2.45, 2.75) is 25.3 Å². The minimum absolute atomic E-state index is 0.0135. The Labute approximate surface area is 141 Å². The van der Waals surface area contributed by atoms with Crippen molar-refractivity contribution in [1.29, 1.82) is 0 Å². The summed E-state index contributed by atoms with van der Waals surface area (Å²) in [6, 6.07) is 7.80. The third kappa shape index (κ3) is 5.56. The Kier molecular flexibility index (Phi) is 6.87. The number of nitrogens with one attached hydrogen (secondary N) is 1. The molecule has 0 aliphatic rings. The molecule has 0 aliphatic heterocycles. The lowest BCUT2D eigenvalue weighted by Gasteiger charge is -2.19. The van der Waals surface area contributed by atoms with Crippen molar-refractivity contribution in [3.63, 3.8) is 0 Å². The Balaban J connectivity index is 1.78. The zero-order chi connectivity index (χ0) is 16.5. The molecule has 5 nitrogen and oxygen atoms in total. The van der Waals surface area contributed by atoms with Crippen LogP contribution in [0.2, 0.25) is 0 Å². The fourth-order valence-electron chi connectivity index (χ4n) is 2.09. The van der Waals surface area contributed by atoms with Gasteiger partial charge in [-0.2, -0.15) is 0 Å². The molecule has 0 atom stereocenters. The zero-order valence-electron chi connectivity index (χ0n) is 13.5. The minimum Gasteiger partial charge on any atom is -0.357 e. The van der Waals surface area contributed by atoms with Crippen LogP contribution in [0, 0.1) is 0 Å². The van der Waals surface area contributed by atoms with E-state index in [0.29, 0.717) is 12.3 Å². The fourth-order valence-corrected chi connectivity index (χ4v) is 2.80. The maximum atomic E-state index is 11.9. The predicted octanol–water partition coefficient (Wildman–Crippen LogP) is 2.73. The van der Waals surface area contributed by atoms with Gasteiger partial charge in [-0.05, 0) is 37.6 Å². The first kappa shape index (κ1) is 17.3. The number of thioether (sulfide) groups is 1. The molecule has 1 N–H and O–H groups in total. The molecule has 0 aromatic carbocycles. The summed E-state index contributed by atoms with van der Waals surface area (Å²) in [4.78, 5) is 23.5. The molecule has 0 unspecified atom stereocenters. The highest BCUT2D eigenvalue weighted by Gasteiger charge is 2.05. The van der Waals surface area contributed by atoms with Crippen molar-refractivity contribution >= 4 is 23.5 Å². The number of anilines is 1. The number of carbonyl (C=O) groups is 1. The van der Waals surface area contributed by atoms with E-state index in [2.05, 4.69) is 34.0 Å². The second kappa shape index (κ2) is 9.15. The van der Waals surface area contributed by atoms with Gasteiger partial charge in [0.15, 0.2) is 0 Å². The largest absolute Gasteiger partial charge is 0.357 e. The molecular formula is C17H22N4OS. The summed E-state index contributed by atoms with van der Waals surface area (Å²) in [7, 11) is 0. The van der Waals surface area contributed by atoms with Crippen LogP contribution in [0.4, 0.5) is 5.82 Å². The van der Waals surface area contributed by atoms with Crippen LogP contribution in [0.3, 0.4) is 0 Å². The van der Waals surface area contributed by atoms with Gasteiger partial charge in [0.1, 0.15) is 5.82 Å². The number of hydrogen-bond donors (Lipinski definition) is 1. The molecular weight excluding hydrogens is 308 g/mol. The van der Waals surface area contributed by atoms with Gasteiger partial charge in [0.05, 0.1) is 5.75 Å². The Bertz CT molecular complexity index is 600. The number of aromatic nitrogens is 2. The average molecular weight is 330 g/mol. The monoisotopic (exact) mass is 330 g/mol. The third-order valence-corrected chi connectivity index (χ3v) is 4.42. The summed E-state index contributed by atoms with van der Waals surface area (Å²) in [5.41, 5.74) is 1.00. The molecule has 2 heterocycles. The molecule has 0 saturated heterocycles. The molecule has 0 bridgehead atoms. The van der Waals surface area contributed by atoms with Gasteiger partial charge in [-0.15, -0.1) is 11.8 Å². The summed E-state index contributed by atoms with van der Waals surface area (Å²) in [5, 5.41) is 2.92. The molecule has 23 heavy (non-hydrogen) atoms. The quantitative estimate of drug-likeness (QED) is 0.754. The van der Waals surface area contributed by atoms with Gasteiger partial charge in [0.2, 0.25) is 5.91 Å². The van der Waals surface area contributed by atoms with Crippen molar-refractivity contribution in [2.75, 3.05) is 23.7 Å². The summed E-state index contributed by atoms with van der Waals surface area (Å²) in [6.45, 7) is 6.60. The van der Waals surface area contributed by atoms with Crippen LogP contribution in [0.25, 0.3) is 0 Å². The van der Waals surface area contributed by atoms with Gasteiger partial charge in [-0.25, -0.2) is 4.98 Å². The summed E-state index contributed by atoms with van der Waals surface area (Å²) >= 11 is 1.50. The molecule has 122 valence electrons. The number of amides is 1. The second-order valence-corrected chi connectivity index (χ2v) is 5.99. The van der Waals surface area contributed by atoms with Crippen LogP contribution in [-0.4, -0.2) is 34.7 Å². The summed E-state index contributed by atoms with van der Waals surface area (Å²) in [5.74, 6) is 1.38. The lowest BCUT2D eigenvalue weighted by Crippen LogP contribution is -2.25. The molecule has 6 heteroatoms.